The minimum absolute atomic E-state index is 0.168. The number of rotatable bonds is 9. The lowest BCUT2D eigenvalue weighted by molar-refractivity contribution is 0.199. The van der Waals surface area contributed by atoms with Crippen LogP contribution in [0.25, 0.3) is 0 Å². The van der Waals surface area contributed by atoms with E-state index in [1.54, 1.807) is 13.2 Å². The first-order valence-corrected chi connectivity index (χ1v) is 6.39. The Morgan fingerprint density at radius 3 is 2.72 bits per heavy atom. The maximum atomic E-state index is 13.0. The number of ether oxygens (including phenoxy) is 1. The van der Waals surface area contributed by atoms with Gasteiger partial charge < -0.3 is 15.4 Å². The fourth-order valence-corrected chi connectivity index (χ4v) is 1.69. The van der Waals surface area contributed by atoms with Crippen molar-refractivity contribution in [2.75, 3.05) is 33.4 Å². The van der Waals surface area contributed by atoms with Gasteiger partial charge in [0, 0.05) is 20.2 Å². The molecule has 0 atom stereocenters. The van der Waals surface area contributed by atoms with Crippen molar-refractivity contribution in [3.63, 3.8) is 0 Å². The van der Waals surface area contributed by atoms with E-state index in [1.165, 1.54) is 6.07 Å². The molecule has 18 heavy (non-hydrogen) atoms. The second-order valence-electron chi connectivity index (χ2n) is 4.34. The van der Waals surface area contributed by atoms with Crippen LogP contribution in [0.4, 0.5) is 4.39 Å². The number of methoxy groups -OCH3 is 1. The molecule has 0 aliphatic carbocycles. The van der Waals surface area contributed by atoms with Crippen LogP contribution in [0.2, 0.25) is 0 Å². The van der Waals surface area contributed by atoms with Gasteiger partial charge in [-0.05, 0) is 49.7 Å². The summed E-state index contributed by atoms with van der Waals surface area (Å²) in [7, 11) is 1.70. The van der Waals surface area contributed by atoms with Crippen molar-refractivity contribution in [1.29, 1.82) is 0 Å². The zero-order valence-corrected chi connectivity index (χ0v) is 11.3. The van der Waals surface area contributed by atoms with Crippen LogP contribution in [0.3, 0.4) is 0 Å². The Kier molecular flexibility index (Phi) is 7.57. The van der Waals surface area contributed by atoms with E-state index >= 15 is 0 Å². The summed E-state index contributed by atoms with van der Waals surface area (Å²) in [6, 6.07) is 4.91. The Hall–Kier alpha value is -0.970. The van der Waals surface area contributed by atoms with Crippen molar-refractivity contribution < 1.29 is 9.13 Å². The van der Waals surface area contributed by atoms with Gasteiger partial charge in [0.2, 0.25) is 0 Å². The molecule has 2 N–H and O–H groups in total. The molecule has 102 valence electrons. The Balaban J connectivity index is 2.09. The van der Waals surface area contributed by atoms with Gasteiger partial charge in [-0.3, -0.25) is 0 Å². The Bertz CT molecular complexity index is 345. The van der Waals surface area contributed by atoms with E-state index in [1.807, 2.05) is 13.0 Å². The molecular weight excluding hydrogens is 231 g/mol. The Morgan fingerprint density at radius 2 is 1.94 bits per heavy atom. The molecule has 4 heteroatoms. The second kappa shape index (κ2) is 9.03. The van der Waals surface area contributed by atoms with Crippen LogP contribution in [-0.2, 0) is 11.3 Å². The molecule has 1 aromatic carbocycles. The lowest BCUT2D eigenvalue weighted by atomic mass is 10.1. The molecule has 0 amide bonds. The lowest BCUT2D eigenvalue weighted by Crippen LogP contribution is -2.24. The van der Waals surface area contributed by atoms with E-state index in [2.05, 4.69) is 10.6 Å². The average molecular weight is 254 g/mol. The minimum atomic E-state index is -0.168. The second-order valence-corrected chi connectivity index (χ2v) is 4.34. The van der Waals surface area contributed by atoms with Gasteiger partial charge >= 0.3 is 0 Å². The average Bonchev–Trinajstić information content (AvgIpc) is 2.36. The number of aryl methyl sites for hydroxylation is 1. The fourth-order valence-electron chi connectivity index (χ4n) is 1.69. The smallest absolute Gasteiger partial charge is 0.123 e. The van der Waals surface area contributed by atoms with Crippen LogP contribution < -0.4 is 10.6 Å². The molecular formula is C14H23FN2O. The Labute approximate surface area is 109 Å². The SMILES string of the molecule is COCCNCCCNCc1cc(F)ccc1C. The summed E-state index contributed by atoms with van der Waals surface area (Å²) in [5, 5.41) is 6.60. The maximum Gasteiger partial charge on any atom is 0.123 e. The third kappa shape index (κ3) is 6.10. The number of hydrogen-bond donors (Lipinski definition) is 2. The van der Waals surface area contributed by atoms with Crippen LogP contribution >= 0.6 is 0 Å². The topological polar surface area (TPSA) is 33.3 Å². The minimum Gasteiger partial charge on any atom is -0.383 e. The molecule has 0 spiro atoms. The maximum absolute atomic E-state index is 13.0. The van der Waals surface area contributed by atoms with E-state index in [9.17, 15) is 4.39 Å². The third-order valence-electron chi connectivity index (χ3n) is 2.82. The van der Waals surface area contributed by atoms with Crippen molar-refractivity contribution in [3.05, 3.63) is 35.1 Å². The fraction of sp³-hybridized carbons (Fsp3) is 0.571. The van der Waals surface area contributed by atoms with Crippen molar-refractivity contribution in [2.45, 2.75) is 19.9 Å². The lowest BCUT2D eigenvalue weighted by Gasteiger charge is -2.08. The number of nitrogens with one attached hydrogen (secondary N) is 2. The highest BCUT2D eigenvalue weighted by atomic mass is 19.1. The molecule has 1 rings (SSSR count). The predicted molar refractivity (Wildman–Crippen MR) is 72.2 cm³/mol. The summed E-state index contributed by atoms with van der Waals surface area (Å²) >= 11 is 0. The summed E-state index contributed by atoms with van der Waals surface area (Å²) in [6.45, 7) is 6.26. The summed E-state index contributed by atoms with van der Waals surface area (Å²) in [5.41, 5.74) is 2.16. The molecule has 0 radical (unpaired) electrons. The van der Waals surface area contributed by atoms with Crippen LogP contribution in [0.15, 0.2) is 18.2 Å². The number of benzene rings is 1. The molecule has 0 fully saturated rings. The van der Waals surface area contributed by atoms with Gasteiger partial charge in [-0.15, -0.1) is 0 Å². The van der Waals surface area contributed by atoms with Gasteiger partial charge in [-0.2, -0.15) is 0 Å². The van der Waals surface area contributed by atoms with E-state index in [0.717, 1.165) is 50.3 Å². The highest BCUT2D eigenvalue weighted by Crippen LogP contribution is 2.09. The van der Waals surface area contributed by atoms with Crippen molar-refractivity contribution in [2.24, 2.45) is 0 Å². The first-order valence-electron chi connectivity index (χ1n) is 6.39. The van der Waals surface area contributed by atoms with Gasteiger partial charge in [0.15, 0.2) is 0 Å². The first-order chi connectivity index (χ1) is 8.74. The molecule has 0 unspecified atom stereocenters. The van der Waals surface area contributed by atoms with Gasteiger partial charge in [0.1, 0.15) is 5.82 Å². The van der Waals surface area contributed by atoms with Crippen LogP contribution in [0.5, 0.6) is 0 Å². The molecule has 0 bridgehead atoms. The summed E-state index contributed by atoms with van der Waals surface area (Å²) in [6.07, 6.45) is 1.05. The first kappa shape index (κ1) is 15.1. The summed E-state index contributed by atoms with van der Waals surface area (Å²) in [5.74, 6) is -0.168. The van der Waals surface area contributed by atoms with E-state index in [0.29, 0.717) is 0 Å². The van der Waals surface area contributed by atoms with Gasteiger partial charge in [-0.25, -0.2) is 4.39 Å². The number of hydrogen-bond acceptors (Lipinski definition) is 3. The van der Waals surface area contributed by atoms with E-state index < -0.39 is 0 Å². The highest BCUT2D eigenvalue weighted by molar-refractivity contribution is 5.26. The van der Waals surface area contributed by atoms with Crippen molar-refractivity contribution in [1.82, 2.24) is 10.6 Å². The highest BCUT2D eigenvalue weighted by Gasteiger charge is 1.99. The molecule has 0 aliphatic heterocycles. The normalized spacial score (nSPS) is 10.8. The largest absolute Gasteiger partial charge is 0.383 e. The molecule has 0 heterocycles. The molecule has 0 aliphatic rings. The molecule has 3 nitrogen and oxygen atoms in total. The molecule has 0 aromatic heterocycles. The molecule has 1 aromatic rings. The van der Waals surface area contributed by atoms with E-state index in [4.69, 9.17) is 4.74 Å². The van der Waals surface area contributed by atoms with Crippen LogP contribution in [-0.4, -0.2) is 33.4 Å². The van der Waals surface area contributed by atoms with Crippen LogP contribution in [0, 0.1) is 12.7 Å². The van der Waals surface area contributed by atoms with Gasteiger partial charge in [0.25, 0.3) is 0 Å². The number of halogens is 1. The van der Waals surface area contributed by atoms with Crippen LogP contribution in [0.1, 0.15) is 17.5 Å². The third-order valence-corrected chi connectivity index (χ3v) is 2.82. The summed E-state index contributed by atoms with van der Waals surface area (Å²) in [4.78, 5) is 0. The zero-order valence-electron chi connectivity index (χ0n) is 11.3. The zero-order chi connectivity index (χ0) is 13.2. The predicted octanol–water partition coefficient (Wildman–Crippen LogP) is 1.85. The quantitative estimate of drug-likeness (QED) is 0.660. The standard InChI is InChI=1S/C14H23FN2O/c1-12-4-5-14(15)10-13(12)11-17-7-3-6-16-8-9-18-2/h4-5,10,16-17H,3,6-9,11H2,1-2H3. The monoisotopic (exact) mass is 254 g/mol. The van der Waals surface area contributed by atoms with Gasteiger partial charge in [0.05, 0.1) is 6.61 Å². The van der Waals surface area contributed by atoms with E-state index in [-0.39, 0.29) is 5.82 Å². The van der Waals surface area contributed by atoms with Crippen molar-refractivity contribution >= 4 is 0 Å². The Morgan fingerprint density at radius 1 is 1.17 bits per heavy atom. The van der Waals surface area contributed by atoms with Gasteiger partial charge in [-0.1, -0.05) is 6.07 Å². The molecule has 0 saturated heterocycles. The van der Waals surface area contributed by atoms with Crippen molar-refractivity contribution in [3.8, 4) is 0 Å². The summed E-state index contributed by atoms with van der Waals surface area (Å²) < 4.78 is 18.0. The molecule has 0 saturated carbocycles.